The molecule has 1 aromatic heterocycles. The fraction of sp³-hybridized carbons (Fsp3) is 0.227. The molecule has 0 aliphatic heterocycles. The van der Waals surface area contributed by atoms with E-state index in [-0.39, 0.29) is 4.90 Å². The van der Waals surface area contributed by atoms with Crippen LogP contribution >= 0.6 is 0 Å². The zero-order chi connectivity index (χ0) is 23.9. The summed E-state index contributed by atoms with van der Waals surface area (Å²) in [7, 11) is -8.61. The Morgan fingerprint density at radius 2 is 1.28 bits per heavy atom. The first-order valence-electron chi connectivity index (χ1n) is 9.77. The van der Waals surface area contributed by atoms with Crippen LogP contribution in [0.3, 0.4) is 0 Å². The molecule has 0 fully saturated rings. The van der Waals surface area contributed by atoms with E-state index in [0.29, 0.717) is 6.54 Å². The number of halogens is 1. The van der Waals surface area contributed by atoms with E-state index in [2.05, 4.69) is 54.8 Å². The number of sulfonamides is 1. The van der Waals surface area contributed by atoms with Crippen molar-refractivity contribution in [2.45, 2.75) is 38.1 Å². The molecule has 0 unspecified atom stereocenters. The molecule has 0 aliphatic rings. The molecular formula is C22H25ClN2O6S. The van der Waals surface area contributed by atoms with E-state index in [1.165, 1.54) is 22.5 Å². The average Bonchev–Trinajstić information content (AvgIpc) is 2.73. The largest absolute Gasteiger partial charge is 0.238 e. The van der Waals surface area contributed by atoms with Gasteiger partial charge >= 0.3 is 0 Å². The van der Waals surface area contributed by atoms with E-state index in [4.69, 9.17) is 23.8 Å². The van der Waals surface area contributed by atoms with Gasteiger partial charge in [-0.15, -0.1) is 10.2 Å². The third-order valence-electron chi connectivity index (χ3n) is 4.76. The Kier molecular flexibility index (Phi) is 8.88. The Morgan fingerprint density at radius 1 is 0.812 bits per heavy atom. The van der Waals surface area contributed by atoms with Gasteiger partial charge in [0.15, 0.2) is 17.9 Å². The van der Waals surface area contributed by atoms with Gasteiger partial charge in [0.2, 0.25) is 10.0 Å². The van der Waals surface area contributed by atoms with Crippen molar-refractivity contribution in [3.8, 4) is 11.1 Å². The normalized spacial score (nSPS) is 11.6. The molecule has 0 radical (unpaired) electrons. The fourth-order valence-corrected chi connectivity index (χ4v) is 3.81. The van der Waals surface area contributed by atoms with Gasteiger partial charge in [0.05, 0.1) is 4.90 Å². The number of aromatic nitrogens is 1. The van der Waals surface area contributed by atoms with Crippen molar-refractivity contribution in [3.05, 3.63) is 83.7 Å². The summed E-state index contributed by atoms with van der Waals surface area (Å²) in [5, 5.41) is 5.19. The molecule has 0 atom stereocenters. The Bertz CT molecular complexity index is 1100. The van der Waals surface area contributed by atoms with Gasteiger partial charge in [-0.05, 0) is 23.3 Å². The van der Waals surface area contributed by atoms with Crippen LogP contribution in [0.15, 0.2) is 71.6 Å². The molecule has 10 heteroatoms. The van der Waals surface area contributed by atoms with Crippen molar-refractivity contribution in [1.29, 1.82) is 0 Å². The molecular weight excluding hydrogens is 456 g/mol. The van der Waals surface area contributed by atoms with Crippen LogP contribution in [0.1, 0.15) is 30.8 Å². The minimum Gasteiger partial charge on any atom is -0.225 e. The minimum atomic E-state index is -4.94. The minimum absolute atomic E-state index is 0.141. The van der Waals surface area contributed by atoms with E-state index in [0.717, 1.165) is 18.4 Å². The highest BCUT2D eigenvalue weighted by Crippen LogP contribution is 2.21. The molecule has 0 amide bonds. The number of hydrogen-bond acceptors (Lipinski definition) is 6. The topological polar surface area (TPSA) is 156 Å². The maximum atomic E-state index is 11.4. The maximum absolute atomic E-state index is 11.4. The second kappa shape index (κ2) is 11.0. The van der Waals surface area contributed by atoms with Crippen LogP contribution in [0.25, 0.3) is 11.1 Å². The van der Waals surface area contributed by atoms with Gasteiger partial charge in [-0.2, -0.15) is 4.57 Å². The monoisotopic (exact) mass is 480 g/mol. The maximum Gasteiger partial charge on any atom is 0.238 e. The summed E-state index contributed by atoms with van der Waals surface area (Å²) >= 11 is 0. The van der Waals surface area contributed by atoms with Gasteiger partial charge in [-0.25, -0.2) is 32.2 Å². The van der Waals surface area contributed by atoms with Crippen molar-refractivity contribution in [1.82, 2.24) is 0 Å². The highest BCUT2D eigenvalue weighted by Gasteiger charge is 2.18. The third kappa shape index (κ3) is 7.95. The van der Waals surface area contributed by atoms with Gasteiger partial charge < -0.3 is 0 Å². The zero-order valence-corrected chi connectivity index (χ0v) is 19.3. The van der Waals surface area contributed by atoms with Gasteiger partial charge in [0.1, 0.15) is 0 Å². The van der Waals surface area contributed by atoms with E-state index >= 15 is 0 Å². The lowest BCUT2D eigenvalue weighted by molar-refractivity contribution is -2.00. The fourth-order valence-electron chi connectivity index (χ4n) is 3.29. The van der Waals surface area contributed by atoms with Crippen molar-refractivity contribution in [2.75, 3.05) is 0 Å². The first-order chi connectivity index (χ1) is 14.9. The van der Waals surface area contributed by atoms with E-state index in [9.17, 15) is 8.42 Å². The number of aryl methyl sites for hydroxylation is 2. The van der Waals surface area contributed by atoms with Crippen molar-refractivity contribution < 1.29 is 41.9 Å². The number of primary sulfonamides is 1. The summed E-state index contributed by atoms with van der Waals surface area (Å²) in [6.45, 7) is 5.01. The van der Waals surface area contributed by atoms with Crippen LogP contribution in [0, 0.1) is 10.2 Å². The molecule has 2 aromatic carbocycles. The van der Waals surface area contributed by atoms with Crippen molar-refractivity contribution in [3.63, 3.8) is 0 Å². The molecule has 2 N–H and O–H groups in total. The smallest absolute Gasteiger partial charge is 0.225 e. The van der Waals surface area contributed by atoms with Crippen LogP contribution < -0.4 is 28.3 Å². The average molecular weight is 481 g/mol. The summed E-state index contributed by atoms with van der Waals surface area (Å²) in [5.74, 6) is 0. The molecule has 32 heavy (non-hydrogen) atoms. The van der Waals surface area contributed by atoms with Gasteiger partial charge in [0, 0.05) is 30.5 Å². The Balaban J connectivity index is 0.000000654. The molecule has 0 saturated carbocycles. The molecule has 0 spiro atoms. The quantitative estimate of drug-likeness (QED) is 0.432. The lowest BCUT2D eigenvalue weighted by Crippen LogP contribution is -2.68. The van der Waals surface area contributed by atoms with Crippen LogP contribution in [0.5, 0.6) is 0 Å². The molecule has 172 valence electrons. The van der Waals surface area contributed by atoms with Gasteiger partial charge in [0.25, 0.3) is 0 Å². The van der Waals surface area contributed by atoms with Crippen LogP contribution in [-0.2, 0) is 29.4 Å². The summed E-state index contributed by atoms with van der Waals surface area (Å²) in [4.78, 5) is 0.141. The standard InChI is InChI=1S/C22H25N2O2S.ClHO4/c1-3-20-14-19(18-8-6-5-7-9-18)15-21(4-2)24(20)16-17-10-12-22(13-11-17)27(23,25)26;2-1(3,4)5/h5-15H,3-4,16H2,1-2H3,(H2,23,25,26);(H,2,3,4,5)/q+1;/p-1. The molecule has 3 rings (SSSR count). The summed E-state index contributed by atoms with van der Waals surface area (Å²) < 4.78 is 59.2. The predicted molar refractivity (Wildman–Crippen MR) is 108 cm³/mol. The van der Waals surface area contributed by atoms with Gasteiger partial charge in [-0.1, -0.05) is 56.3 Å². The molecule has 0 bridgehead atoms. The van der Waals surface area contributed by atoms with Crippen LogP contribution in [-0.4, -0.2) is 8.42 Å². The number of nitrogens with zero attached hydrogens (tertiary/aromatic N) is 1. The Labute approximate surface area is 190 Å². The molecule has 0 saturated heterocycles. The zero-order valence-electron chi connectivity index (χ0n) is 17.7. The Morgan fingerprint density at radius 3 is 1.69 bits per heavy atom. The second-order valence-corrected chi connectivity index (χ2v) is 9.27. The summed E-state index contributed by atoms with van der Waals surface area (Å²) in [6, 6.07) is 21.7. The number of pyridine rings is 1. The number of rotatable bonds is 6. The Hall–Kier alpha value is -2.37. The lowest BCUT2D eigenvalue weighted by Gasteiger charge is -2.17. The molecule has 0 aliphatic carbocycles. The predicted octanol–water partition coefficient (Wildman–Crippen LogP) is -1.29. The van der Waals surface area contributed by atoms with Crippen LogP contribution in [0.2, 0.25) is 0 Å². The summed E-state index contributed by atoms with van der Waals surface area (Å²) in [6.07, 6.45) is 1.84. The lowest BCUT2D eigenvalue weighted by atomic mass is 10.0. The first-order valence-corrected chi connectivity index (χ1v) is 12.5. The van der Waals surface area contributed by atoms with E-state index < -0.39 is 20.3 Å². The van der Waals surface area contributed by atoms with Gasteiger partial charge in [-0.3, -0.25) is 0 Å². The highest BCUT2D eigenvalue weighted by atomic mass is 35.7. The third-order valence-corrected chi connectivity index (χ3v) is 5.69. The first kappa shape index (κ1) is 25.9. The second-order valence-electron chi connectivity index (χ2n) is 6.95. The van der Waals surface area contributed by atoms with Crippen molar-refractivity contribution in [2.24, 2.45) is 5.14 Å². The molecule has 3 aromatic rings. The SMILES string of the molecule is CCc1cc(-c2ccccc2)cc(CC)[n+]1Cc1ccc(S(N)(=O)=O)cc1.[O-][Cl+3]([O-])([O-])[O-]. The molecule has 1 heterocycles. The number of nitrogens with two attached hydrogens (primary N) is 1. The summed E-state index contributed by atoms with van der Waals surface area (Å²) in [5.41, 5.74) is 5.99. The molecule has 8 nitrogen and oxygen atoms in total. The number of hydrogen-bond donors (Lipinski definition) is 1. The van der Waals surface area contributed by atoms with E-state index in [1.54, 1.807) is 12.1 Å². The van der Waals surface area contributed by atoms with Crippen LogP contribution in [0.4, 0.5) is 0 Å². The number of benzene rings is 2. The van der Waals surface area contributed by atoms with Crippen molar-refractivity contribution >= 4 is 10.0 Å². The highest BCUT2D eigenvalue weighted by molar-refractivity contribution is 7.89. The van der Waals surface area contributed by atoms with E-state index in [1.807, 2.05) is 18.2 Å².